The minimum atomic E-state index is -3.70. The van der Waals surface area contributed by atoms with Crippen LogP contribution in [0.4, 0.5) is 11.4 Å². The summed E-state index contributed by atoms with van der Waals surface area (Å²) in [5, 5.41) is 0. The number of sulfonamides is 1. The van der Waals surface area contributed by atoms with Gasteiger partial charge in [0.05, 0.1) is 10.6 Å². The predicted octanol–water partition coefficient (Wildman–Crippen LogP) is 5.22. The van der Waals surface area contributed by atoms with Crippen LogP contribution in [0.1, 0.15) is 29.8 Å². The summed E-state index contributed by atoms with van der Waals surface area (Å²) < 4.78 is 27.8. The first-order valence-electron chi connectivity index (χ1n) is 10.5. The number of rotatable bonds is 6. The Kier molecular flexibility index (Phi) is 6.31. The Morgan fingerprint density at radius 2 is 1.69 bits per heavy atom. The number of para-hydroxylation sites is 1. The highest BCUT2D eigenvalue weighted by atomic mass is 32.2. The lowest BCUT2D eigenvalue weighted by atomic mass is 10.1. The topological polar surface area (TPSA) is 57.7 Å². The Balaban J connectivity index is 1.60. The molecule has 1 aliphatic rings. The van der Waals surface area contributed by atoms with Gasteiger partial charge in [-0.15, -0.1) is 11.8 Å². The van der Waals surface area contributed by atoms with E-state index in [1.165, 1.54) is 9.87 Å². The fourth-order valence-corrected chi connectivity index (χ4v) is 6.03. The molecule has 4 rings (SSSR count). The number of nitrogens with zero attached hydrogens (tertiary/aromatic N) is 2. The van der Waals surface area contributed by atoms with E-state index >= 15 is 0 Å². The van der Waals surface area contributed by atoms with Gasteiger partial charge in [-0.25, -0.2) is 8.42 Å². The lowest BCUT2D eigenvalue weighted by molar-refractivity contribution is 0.0981. The minimum absolute atomic E-state index is 0.0763. The zero-order valence-electron chi connectivity index (χ0n) is 18.4. The molecule has 0 aliphatic carbocycles. The van der Waals surface area contributed by atoms with Gasteiger partial charge in [0.15, 0.2) is 0 Å². The van der Waals surface area contributed by atoms with E-state index < -0.39 is 10.0 Å². The van der Waals surface area contributed by atoms with Crippen LogP contribution in [0.5, 0.6) is 0 Å². The lowest BCUT2D eigenvalue weighted by Crippen LogP contribution is -2.35. The van der Waals surface area contributed by atoms with Crippen LogP contribution in [-0.2, 0) is 16.4 Å². The van der Waals surface area contributed by atoms with Crippen molar-refractivity contribution in [1.29, 1.82) is 0 Å². The fraction of sp³-hybridized carbons (Fsp3) is 0.240. The molecule has 7 heteroatoms. The Morgan fingerprint density at radius 3 is 2.31 bits per heavy atom. The van der Waals surface area contributed by atoms with Gasteiger partial charge in [-0.1, -0.05) is 18.2 Å². The van der Waals surface area contributed by atoms with Crippen molar-refractivity contribution in [2.75, 3.05) is 22.0 Å². The standard InChI is InChI=1S/C25H26N2O3S2/c1-4-26(32(29,30)23-15-13-22(31-3)14-16-23)21-11-9-19(10-12-21)25(28)27-18(2)17-20-7-5-6-8-24(20)27/h5-16,18H,4,17H2,1-3H3. The van der Waals surface area contributed by atoms with Crippen LogP contribution in [0.2, 0.25) is 0 Å². The minimum Gasteiger partial charge on any atom is -0.305 e. The summed E-state index contributed by atoms with van der Waals surface area (Å²) >= 11 is 1.56. The third kappa shape index (κ3) is 4.02. The molecule has 5 nitrogen and oxygen atoms in total. The molecule has 0 aromatic heterocycles. The first-order valence-corrected chi connectivity index (χ1v) is 13.2. The van der Waals surface area contributed by atoms with E-state index in [0.29, 0.717) is 11.3 Å². The van der Waals surface area contributed by atoms with Crippen LogP contribution in [0.3, 0.4) is 0 Å². The van der Waals surface area contributed by atoms with Crippen LogP contribution < -0.4 is 9.21 Å². The third-order valence-electron chi connectivity index (χ3n) is 5.76. The van der Waals surface area contributed by atoms with Gasteiger partial charge in [0.2, 0.25) is 0 Å². The molecule has 3 aromatic carbocycles. The largest absolute Gasteiger partial charge is 0.305 e. The maximum atomic E-state index is 13.2. The van der Waals surface area contributed by atoms with E-state index in [2.05, 4.69) is 6.07 Å². The molecule has 1 heterocycles. The Morgan fingerprint density at radius 1 is 1.03 bits per heavy atom. The number of hydrogen-bond acceptors (Lipinski definition) is 4. The summed E-state index contributed by atoms with van der Waals surface area (Å²) in [5.74, 6) is -0.0763. The van der Waals surface area contributed by atoms with Crippen molar-refractivity contribution >= 4 is 39.1 Å². The number of anilines is 2. The Hall–Kier alpha value is -2.77. The third-order valence-corrected chi connectivity index (χ3v) is 8.42. The summed E-state index contributed by atoms with van der Waals surface area (Å²) in [6.07, 6.45) is 2.78. The molecule has 0 radical (unpaired) electrons. The summed E-state index contributed by atoms with van der Waals surface area (Å²) in [6, 6.07) is 21.7. The normalized spacial score (nSPS) is 15.5. The van der Waals surface area contributed by atoms with E-state index in [9.17, 15) is 13.2 Å². The van der Waals surface area contributed by atoms with Crippen molar-refractivity contribution in [3.8, 4) is 0 Å². The molecule has 32 heavy (non-hydrogen) atoms. The van der Waals surface area contributed by atoms with Crippen molar-refractivity contribution in [3.63, 3.8) is 0 Å². The lowest BCUT2D eigenvalue weighted by Gasteiger charge is -2.25. The van der Waals surface area contributed by atoms with Gasteiger partial charge in [-0.05, 0) is 86.7 Å². The molecule has 0 saturated carbocycles. The first-order chi connectivity index (χ1) is 15.4. The average Bonchev–Trinajstić information content (AvgIpc) is 3.15. The van der Waals surface area contributed by atoms with Crippen LogP contribution in [0, 0.1) is 0 Å². The number of amides is 1. The molecule has 3 aromatic rings. The van der Waals surface area contributed by atoms with E-state index in [1.54, 1.807) is 55.1 Å². The second-order valence-electron chi connectivity index (χ2n) is 7.75. The van der Waals surface area contributed by atoms with Gasteiger partial charge in [-0.3, -0.25) is 9.10 Å². The van der Waals surface area contributed by atoms with Gasteiger partial charge in [-0.2, -0.15) is 0 Å². The summed E-state index contributed by atoms with van der Waals surface area (Å²) in [7, 11) is -3.70. The van der Waals surface area contributed by atoms with E-state index in [-0.39, 0.29) is 23.4 Å². The summed E-state index contributed by atoms with van der Waals surface area (Å²) in [6.45, 7) is 4.13. The highest BCUT2D eigenvalue weighted by Crippen LogP contribution is 2.33. The number of thioether (sulfide) groups is 1. The molecule has 1 amide bonds. The molecule has 0 spiro atoms. The van der Waals surface area contributed by atoms with Gasteiger partial charge < -0.3 is 4.90 Å². The number of fused-ring (bicyclic) bond motifs is 1. The maximum absolute atomic E-state index is 13.2. The number of carbonyl (C=O) groups is 1. The molecule has 0 bridgehead atoms. The molecule has 166 valence electrons. The highest BCUT2D eigenvalue weighted by molar-refractivity contribution is 7.98. The maximum Gasteiger partial charge on any atom is 0.264 e. The summed E-state index contributed by atoms with van der Waals surface area (Å²) in [5.41, 5.74) is 3.18. The molecule has 0 saturated heterocycles. The van der Waals surface area contributed by atoms with E-state index in [1.807, 2.05) is 48.4 Å². The Bertz CT molecular complexity index is 1220. The van der Waals surface area contributed by atoms with Crippen LogP contribution in [0.15, 0.2) is 82.6 Å². The smallest absolute Gasteiger partial charge is 0.264 e. The van der Waals surface area contributed by atoms with E-state index in [0.717, 1.165) is 17.0 Å². The van der Waals surface area contributed by atoms with Crippen molar-refractivity contribution in [2.24, 2.45) is 0 Å². The molecule has 0 N–H and O–H groups in total. The second-order valence-corrected chi connectivity index (χ2v) is 10.5. The van der Waals surface area contributed by atoms with Crippen molar-refractivity contribution in [3.05, 3.63) is 83.9 Å². The number of hydrogen-bond donors (Lipinski definition) is 0. The highest BCUT2D eigenvalue weighted by Gasteiger charge is 2.31. The van der Waals surface area contributed by atoms with Crippen LogP contribution in [-0.4, -0.2) is 33.2 Å². The van der Waals surface area contributed by atoms with Crippen LogP contribution in [0.25, 0.3) is 0 Å². The molecular weight excluding hydrogens is 440 g/mol. The Labute approximate surface area is 194 Å². The van der Waals surface area contributed by atoms with Crippen molar-refractivity contribution < 1.29 is 13.2 Å². The second kappa shape index (κ2) is 9.00. The van der Waals surface area contributed by atoms with Gasteiger partial charge in [0, 0.05) is 28.7 Å². The van der Waals surface area contributed by atoms with Crippen LogP contribution >= 0.6 is 11.8 Å². The molecule has 1 aliphatic heterocycles. The fourth-order valence-electron chi connectivity index (χ4n) is 4.15. The molecular formula is C25H26N2O3S2. The number of benzene rings is 3. The van der Waals surface area contributed by atoms with Crippen molar-refractivity contribution in [2.45, 2.75) is 36.1 Å². The first kappa shape index (κ1) is 22.4. The molecule has 1 unspecified atom stereocenters. The SMILES string of the molecule is CCN(c1ccc(C(=O)N2c3ccccc3CC2C)cc1)S(=O)(=O)c1ccc(SC)cc1. The zero-order valence-corrected chi connectivity index (χ0v) is 20.0. The number of carbonyl (C=O) groups excluding carboxylic acids is 1. The monoisotopic (exact) mass is 466 g/mol. The van der Waals surface area contributed by atoms with Gasteiger partial charge >= 0.3 is 0 Å². The quantitative estimate of drug-likeness (QED) is 0.468. The van der Waals surface area contributed by atoms with E-state index in [4.69, 9.17) is 0 Å². The average molecular weight is 467 g/mol. The molecule has 1 atom stereocenters. The van der Waals surface area contributed by atoms with Gasteiger partial charge in [0.25, 0.3) is 15.9 Å². The summed E-state index contributed by atoms with van der Waals surface area (Å²) in [4.78, 5) is 16.3. The predicted molar refractivity (Wildman–Crippen MR) is 131 cm³/mol. The molecule has 0 fully saturated rings. The van der Waals surface area contributed by atoms with Crippen molar-refractivity contribution in [1.82, 2.24) is 0 Å². The zero-order chi connectivity index (χ0) is 22.9. The van der Waals surface area contributed by atoms with Gasteiger partial charge in [0.1, 0.15) is 0 Å².